The number of pyridine rings is 1. The average Bonchev–Trinajstić information content (AvgIpc) is 3.04. The lowest BCUT2D eigenvalue weighted by atomic mass is 10.1. The fraction of sp³-hybridized carbons (Fsp3) is 0.333. The first-order valence-corrected chi connectivity index (χ1v) is 8.10. The van der Waals surface area contributed by atoms with Crippen molar-refractivity contribution in [3.05, 3.63) is 54.4 Å². The van der Waals surface area contributed by atoms with E-state index in [1.807, 2.05) is 42.5 Å². The maximum atomic E-state index is 6.01. The Morgan fingerprint density at radius 1 is 1.17 bits per heavy atom. The van der Waals surface area contributed by atoms with Crippen molar-refractivity contribution in [2.45, 2.75) is 25.2 Å². The zero-order chi connectivity index (χ0) is 16.2. The minimum absolute atomic E-state index is 0.0734. The van der Waals surface area contributed by atoms with Gasteiger partial charge in [-0.25, -0.2) is 0 Å². The smallest absolute Gasteiger partial charge is 0.295 e. The second kappa shape index (κ2) is 6.98. The van der Waals surface area contributed by atoms with Crippen LogP contribution in [0.15, 0.2) is 53.1 Å². The van der Waals surface area contributed by atoms with Crippen LogP contribution in [0.25, 0.3) is 11.1 Å². The summed E-state index contributed by atoms with van der Waals surface area (Å²) in [6.45, 7) is 1.70. The molecule has 6 nitrogen and oxygen atoms in total. The largest absolute Gasteiger partial charge is 0.424 e. The number of nitrogens with zero attached hydrogens (tertiary/aromatic N) is 2. The molecule has 1 aliphatic rings. The summed E-state index contributed by atoms with van der Waals surface area (Å²) in [5.74, 6) is 0. The fourth-order valence-corrected chi connectivity index (χ4v) is 2.81. The number of rotatable bonds is 5. The molecule has 1 aromatic carbocycles. The second-order valence-corrected chi connectivity index (χ2v) is 5.77. The molecule has 0 aliphatic carbocycles. The normalized spacial score (nSPS) is 21.0. The lowest BCUT2D eigenvalue weighted by Gasteiger charge is -2.31. The molecule has 1 aliphatic heterocycles. The van der Waals surface area contributed by atoms with Crippen LogP contribution in [0.3, 0.4) is 0 Å². The first kappa shape index (κ1) is 15.1. The lowest BCUT2D eigenvalue weighted by Crippen LogP contribution is -2.43. The van der Waals surface area contributed by atoms with Crippen molar-refractivity contribution in [2.24, 2.45) is 0 Å². The molecule has 24 heavy (non-hydrogen) atoms. The van der Waals surface area contributed by atoms with Crippen molar-refractivity contribution in [2.75, 3.05) is 18.5 Å². The number of benzene rings is 1. The number of nitrogens with one attached hydrogen (secondary N) is 1. The average molecular weight is 325 g/mol. The van der Waals surface area contributed by atoms with Crippen molar-refractivity contribution in [1.82, 2.24) is 9.97 Å². The van der Waals surface area contributed by atoms with Crippen molar-refractivity contribution >= 4 is 17.1 Å². The first-order valence-electron chi connectivity index (χ1n) is 8.10. The van der Waals surface area contributed by atoms with Gasteiger partial charge in [-0.2, -0.15) is 4.98 Å². The topological polar surface area (TPSA) is 69.4 Å². The Morgan fingerprint density at radius 3 is 2.96 bits per heavy atom. The molecule has 0 amide bonds. The predicted molar refractivity (Wildman–Crippen MR) is 89.7 cm³/mol. The zero-order valence-corrected chi connectivity index (χ0v) is 13.2. The number of fused-ring (bicyclic) bond motifs is 1. The van der Waals surface area contributed by atoms with E-state index in [2.05, 4.69) is 15.3 Å². The molecule has 124 valence electrons. The van der Waals surface area contributed by atoms with Crippen molar-refractivity contribution in [3.8, 4) is 0 Å². The van der Waals surface area contributed by atoms with Gasteiger partial charge >= 0.3 is 0 Å². The molecule has 2 atom stereocenters. The van der Waals surface area contributed by atoms with Gasteiger partial charge in [-0.15, -0.1) is 0 Å². The van der Waals surface area contributed by atoms with Crippen LogP contribution in [-0.4, -0.2) is 35.3 Å². The van der Waals surface area contributed by atoms with E-state index in [9.17, 15) is 0 Å². The maximum absolute atomic E-state index is 6.01. The molecule has 3 heterocycles. The molecule has 3 aromatic rings. The van der Waals surface area contributed by atoms with E-state index < -0.39 is 0 Å². The highest BCUT2D eigenvalue weighted by Gasteiger charge is 2.28. The highest BCUT2D eigenvalue weighted by atomic mass is 16.5. The van der Waals surface area contributed by atoms with Crippen LogP contribution in [0, 0.1) is 0 Å². The standard InChI is InChI=1S/C18H19N3O3/c1-2-7-16-14(6-1)20-18(24-16)21-15-8-10-22-12-17(15)23-11-13-5-3-4-9-19-13/h1-7,9,15,17H,8,10-12H2,(H,20,21)/t15-,17-/m1/s1. The quantitative estimate of drug-likeness (QED) is 0.777. The highest BCUT2D eigenvalue weighted by Crippen LogP contribution is 2.22. The number of anilines is 1. The minimum Gasteiger partial charge on any atom is -0.424 e. The van der Waals surface area contributed by atoms with Gasteiger partial charge in [-0.3, -0.25) is 4.98 Å². The van der Waals surface area contributed by atoms with Gasteiger partial charge in [0.1, 0.15) is 11.6 Å². The Labute approximate surface area is 139 Å². The highest BCUT2D eigenvalue weighted by molar-refractivity contribution is 5.74. The molecular formula is C18H19N3O3. The van der Waals surface area contributed by atoms with Gasteiger partial charge in [0, 0.05) is 12.8 Å². The monoisotopic (exact) mass is 325 g/mol. The molecule has 2 aromatic heterocycles. The molecule has 0 unspecified atom stereocenters. The molecule has 0 radical (unpaired) electrons. The van der Waals surface area contributed by atoms with Gasteiger partial charge in [0.15, 0.2) is 5.58 Å². The Kier molecular flexibility index (Phi) is 4.40. The Bertz CT molecular complexity index is 757. The van der Waals surface area contributed by atoms with Crippen LogP contribution < -0.4 is 5.32 Å². The summed E-state index contributed by atoms with van der Waals surface area (Å²) in [5.41, 5.74) is 2.53. The van der Waals surface area contributed by atoms with Crippen molar-refractivity contribution < 1.29 is 13.9 Å². The fourth-order valence-electron chi connectivity index (χ4n) is 2.81. The molecule has 0 spiro atoms. The van der Waals surface area contributed by atoms with Crippen LogP contribution in [0.4, 0.5) is 6.01 Å². The molecule has 1 fully saturated rings. The van der Waals surface area contributed by atoms with E-state index >= 15 is 0 Å². The minimum atomic E-state index is -0.0734. The summed E-state index contributed by atoms with van der Waals surface area (Å²) in [5, 5.41) is 3.35. The van der Waals surface area contributed by atoms with E-state index in [1.165, 1.54) is 0 Å². The Morgan fingerprint density at radius 2 is 2.08 bits per heavy atom. The number of hydrogen-bond donors (Lipinski definition) is 1. The predicted octanol–water partition coefficient (Wildman–Crippen LogP) is 3.01. The van der Waals surface area contributed by atoms with E-state index in [4.69, 9.17) is 13.9 Å². The maximum Gasteiger partial charge on any atom is 0.295 e. The van der Waals surface area contributed by atoms with E-state index in [1.54, 1.807) is 6.20 Å². The number of aromatic nitrogens is 2. The third-order valence-electron chi connectivity index (χ3n) is 4.08. The summed E-state index contributed by atoms with van der Waals surface area (Å²) in [7, 11) is 0. The Hall–Kier alpha value is -2.44. The van der Waals surface area contributed by atoms with E-state index in [-0.39, 0.29) is 12.1 Å². The zero-order valence-electron chi connectivity index (χ0n) is 13.2. The molecule has 4 rings (SSSR count). The van der Waals surface area contributed by atoms with E-state index in [0.717, 1.165) is 23.2 Å². The van der Waals surface area contributed by atoms with Gasteiger partial charge in [0.25, 0.3) is 6.01 Å². The van der Waals surface area contributed by atoms with Gasteiger partial charge in [-0.05, 0) is 30.7 Å². The van der Waals surface area contributed by atoms with Crippen molar-refractivity contribution in [1.29, 1.82) is 0 Å². The SMILES string of the molecule is c1ccc(CO[C@@H]2COCC[C@H]2Nc2nc3ccccc3o2)nc1. The van der Waals surface area contributed by atoms with Gasteiger partial charge in [-0.1, -0.05) is 18.2 Å². The number of para-hydroxylation sites is 2. The lowest BCUT2D eigenvalue weighted by molar-refractivity contribution is -0.0648. The summed E-state index contributed by atoms with van der Waals surface area (Å²) in [6.07, 6.45) is 2.53. The van der Waals surface area contributed by atoms with Crippen LogP contribution >= 0.6 is 0 Å². The van der Waals surface area contributed by atoms with E-state index in [0.29, 0.717) is 25.8 Å². The van der Waals surface area contributed by atoms with Gasteiger partial charge in [0.05, 0.1) is 24.9 Å². The van der Waals surface area contributed by atoms with Crippen molar-refractivity contribution in [3.63, 3.8) is 0 Å². The summed E-state index contributed by atoms with van der Waals surface area (Å²) in [4.78, 5) is 8.76. The molecular weight excluding hydrogens is 306 g/mol. The molecule has 0 bridgehead atoms. The second-order valence-electron chi connectivity index (χ2n) is 5.77. The van der Waals surface area contributed by atoms with Crippen LogP contribution in [0.2, 0.25) is 0 Å². The van der Waals surface area contributed by atoms with Gasteiger partial charge < -0.3 is 19.2 Å². The summed E-state index contributed by atoms with van der Waals surface area (Å²) in [6, 6.07) is 14.1. The Balaban J connectivity index is 1.43. The molecule has 1 N–H and O–H groups in total. The third-order valence-corrected chi connectivity index (χ3v) is 4.08. The number of hydrogen-bond acceptors (Lipinski definition) is 6. The number of oxazole rings is 1. The summed E-state index contributed by atoms with van der Waals surface area (Å²) < 4.78 is 17.3. The van der Waals surface area contributed by atoms with Crippen LogP contribution in [0.1, 0.15) is 12.1 Å². The number of ether oxygens (including phenoxy) is 2. The molecule has 0 saturated carbocycles. The summed E-state index contributed by atoms with van der Waals surface area (Å²) >= 11 is 0. The third kappa shape index (κ3) is 3.39. The van der Waals surface area contributed by atoms with Crippen LogP contribution in [0.5, 0.6) is 0 Å². The molecule has 6 heteroatoms. The first-order chi connectivity index (χ1) is 11.9. The molecule has 1 saturated heterocycles. The van der Waals surface area contributed by atoms with Gasteiger partial charge in [0.2, 0.25) is 0 Å². The van der Waals surface area contributed by atoms with Crippen LogP contribution in [-0.2, 0) is 16.1 Å².